The maximum Gasteiger partial charge on any atom is 0.408 e. The summed E-state index contributed by atoms with van der Waals surface area (Å²) in [6, 6.07) is 9.21. The SMILES string of the molecule is Nc1cncc(-c2cncc([C@H]3NC(=O)O[C@@H]3c3cccc(F)c3)c2)c1. The lowest BCUT2D eigenvalue weighted by Gasteiger charge is -2.18. The second-order valence-electron chi connectivity index (χ2n) is 6.02. The number of rotatable bonds is 3. The average molecular weight is 350 g/mol. The third kappa shape index (κ3) is 3.06. The van der Waals surface area contributed by atoms with Crippen molar-refractivity contribution >= 4 is 11.8 Å². The van der Waals surface area contributed by atoms with Gasteiger partial charge in [-0.3, -0.25) is 9.97 Å². The molecule has 0 radical (unpaired) electrons. The second-order valence-corrected chi connectivity index (χ2v) is 6.02. The zero-order chi connectivity index (χ0) is 18.1. The molecular weight excluding hydrogens is 335 g/mol. The van der Waals surface area contributed by atoms with Gasteiger partial charge in [0.25, 0.3) is 0 Å². The van der Waals surface area contributed by atoms with Crippen molar-refractivity contribution in [3.05, 3.63) is 78.1 Å². The number of cyclic esters (lactones) is 1. The number of ether oxygens (including phenoxy) is 1. The Morgan fingerprint density at radius 1 is 1.00 bits per heavy atom. The summed E-state index contributed by atoms with van der Waals surface area (Å²) in [5.41, 5.74) is 9.27. The Kier molecular flexibility index (Phi) is 3.96. The Morgan fingerprint density at radius 2 is 1.77 bits per heavy atom. The molecule has 0 saturated carbocycles. The van der Waals surface area contributed by atoms with Gasteiger partial charge in [-0.05, 0) is 35.4 Å². The van der Waals surface area contributed by atoms with E-state index in [1.807, 2.05) is 6.07 Å². The number of hydrogen-bond donors (Lipinski definition) is 2. The standard InChI is InChI=1S/C19H15FN4O2/c20-15-3-1-2-11(5-15)18-17(24-19(25)26-18)14-4-12(7-22-9-14)13-6-16(21)10-23-8-13/h1-10,17-18H,21H2,(H,24,25)/t17-,18-/m1/s1. The van der Waals surface area contributed by atoms with Gasteiger partial charge in [0, 0.05) is 35.9 Å². The van der Waals surface area contributed by atoms with Crippen molar-refractivity contribution in [2.24, 2.45) is 0 Å². The Hall–Kier alpha value is -3.48. The number of alkyl carbamates (subject to hydrolysis) is 1. The first-order valence-electron chi connectivity index (χ1n) is 7.98. The Bertz CT molecular complexity index is 979. The highest BCUT2D eigenvalue weighted by molar-refractivity contribution is 5.72. The largest absolute Gasteiger partial charge is 0.439 e. The highest BCUT2D eigenvalue weighted by Crippen LogP contribution is 2.37. The van der Waals surface area contributed by atoms with E-state index in [1.54, 1.807) is 43.0 Å². The van der Waals surface area contributed by atoms with E-state index in [4.69, 9.17) is 10.5 Å². The highest BCUT2D eigenvalue weighted by atomic mass is 19.1. The summed E-state index contributed by atoms with van der Waals surface area (Å²) in [6.07, 6.45) is 5.38. The molecule has 3 heterocycles. The fourth-order valence-electron chi connectivity index (χ4n) is 3.02. The van der Waals surface area contributed by atoms with Crippen molar-refractivity contribution in [1.29, 1.82) is 0 Å². The number of nitrogen functional groups attached to an aromatic ring is 1. The molecule has 26 heavy (non-hydrogen) atoms. The molecule has 6 nitrogen and oxygen atoms in total. The molecular formula is C19H15FN4O2. The molecule has 0 bridgehead atoms. The predicted molar refractivity (Wildman–Crippen MR) is 93.4 cm³/mol. The smallest absolute Gasteiger partial charge is 0.408 e. The Morgan fingerprint density at radius 3 is 2.54 bits per heavy atom. The third-order valence-corrected chi connectivity index (χ3v) is 4.20. The molecule has 130 valence electrons. The van der Waals surface area contributed by atoms with Gasteiger partial charge in [-0.15, -0.1) is 0 Å². The zero-order valence-electron chi connectivity index (χ0n) is 13.6. The summed E-state index contributed by atoms with van der Waals surface area (Å²) in [4.78, 5) is 20.2. The molecule has 2 aromatic heterocycles. The minimum atomic E-state index is -0.644. The van der Waals surface area contributed by atoms with Crippen molar-refractivity contribution in [3.8, 4) is 11.1 Å². The minimum absolute atomic E-state index is 0.387. The van der Waals surface area contributed by atoms with Gasteiger partial charge in [-0.2, -0.15) is 0 Å². The van der Waals surface area contributed by atoms with Crippen LogP contribution in [0.3, 0.4) is 0 Å². The number of nitrogens with one attached hydrogen (secondary N) is 1. The first-order valence-corrected chi connectivity index (χ1v) is 7.98. The van der Waals surface area contributed by atoms with E-state index in [2.05, 4.69) is 15.3 Å². The van der Waals surface area contributed by atoms with Crippen LogP contribution in [0.5, 0.6) is 0 Å². The van der Waals surface area contributed by atoms with Crippen LogP contribution in [0.4, 0.5) is 14.9 Å². The van der Waals surface area contributed by atoms with Gasteiger partial charge in [-0.25, -0.2) is 9.18 Å². The fraction of sp³-hybridized carbons (Fsp3) is 0.105. The molecule has 1 fully saturated rings. The summed E-state index contributed by atoms with van der Waals surface area (Å²) in [5, 5.41) is 2.76. The van der Waals surface area contributed by atoms with Gasteiger partial charge in [0.15, 0.2) is 6.10 Å². The molecule has 1 saturated heterocycles. The lowest BCUT2D eigenvalue weighted by Crippen LogP contribution is -2.19. The molecule has 7 heteroatoms. The molecule has 2 atom stereocenters. The van der Waals surface area contributed by atoms with Crippen LogP contribution in [0.25, 0.3) is 11.1 Å². The van der Waals surface area contributed by atoms with E-state index in [0.29, 0.717) is 11.3 Å². The van der Waals surface area contributed by atoms with Gasteiger partial charge in [0.05, 0.1) is 5.69 Å². The average Bonchev–Trinajstić information content (AvgIpc) is 3.04. The summed E-state index contributed by atoms with van der Waals surface area (Å²) in [7, 11) is 0. The molecule has 0 unspecified atom stereocenters. The van der Waals surface area contributed by atoms with E-state index in [1.165, 1.54) is 12.1 Å². The third-order valence-electron chi connectivity index (χ3n) is 4.20. The molecule has 3 N–H and O–H groups in total. The normalized spacial score (nSPS) is 19.0. The zero-order valence-corrected chi connectivity index (χ0v) is 13.6. The van der Waals surface area contributed by atoms with Gasteiger partial charge in [-0.1, -0.05) is 12.1 Å². The Balaban J connectivity index is 1.71. The predicted octanol–water partition coefficient (Wildman–Crippen LogP) is 3.39. The maximum atomic E-state index is 13.6. The Labute approximate surface area is 148 Å². The molecule has 0 aliphatic carbocycles. The summed E-state index contributed by atoms with van der Waals surface area (Å²) >= 11 is 0. The lowest BCUT2D eigenvalue weighted by atomic mass is 9.96. The van der Waals surface area contributed by atoms with Gasteiger partial charge in [0.1, 0.15) is 11.9 Å². The number of anilines is 1. The number of pyridine rings is 2. The van der Waals surface area contributed by atoms with Gasteiger partial charge < -0.3 is 15.8 Å². The number of nitrogens with zero attached hydrogens (tertiary/aromatic N) is 2. The highest BCUT2D eigenvalue weighted by Gasteiger charge is 2.36. The number of halogens is 1. The minimum Gasteiger partial charge on any atom is -0.439 e. The number of benzene rings is 1. The number of nitrogens with two attached hydrogens (primary N) is 1. The van der Waals surface area contributed by atoms with Gasteiger partial charge >= 0.3 is 6.09 Å². The van der Waals surface area contributed by atoms with Crippen LogP contribution in [0.2, 0.25) is 0 Å². The first kappa shape index (κ1) is 16.0. The van der Waals surface area contributed by atoms with E-state index in [0.717, 1.165) is 16.7 Å². The van der Waals surface area contributed by atoms with Gasteiger partial charge in [0.2, 0.25) is 0 Å². The van der Waals surface area contributed by atoms with Crippen molar-refractivity contribution in [2.45, 2.75) is 12.1 Å². The monoisotopic (exact) mass is 350 g/mol. The number of carbonyl (C=O) groups excluding carboxylic acids is 1. The summed E-state index contributed by atoms with van der Waals surface area (Å²) in [5.74, 6) is -0.387. The second kappa shape index (κ2) is 6.44. The van der Waals surface area contributed by atoms with E-state index in [-0.39, 0.29) is 5.82 Å². The quantitative estimate of drug-likeness (QED) is 0.756. The van der Waals surface area contributed by atoms with Crippen LogP contribution in [0.15, 0.2) is 61.2 Å². The molecule has 1 aromatic carbocycles. The van der Waals surface area contributed by atoms with Crippen LogP contribution in [0.1, 0.15) is 23.3 Å². The van der Waals surface area contributed by atoms with E-state index < -0.39 is 18.2 Å². The summed E-state index contributed by atoms with van der Waals surface area (Å²) in [6.45, 7) is 0. The molecule has 4 rings (SSSR count). The van der Waals surface area contributed by atoms with E-state index in [9.17, 15) is 9.18 Å². The van der Waals surface area contributed by atoms with Crippen molar-refractivity contribution in [3.63, 3.8) is 0 Å². The number of carbonyl (C=O) groups is 1. The maximum absolute atomic E-state index is 13.6. The summed E-state index contributed by atoms with van der Waals surface area (Å²) < 4.78 is 18.9. The van der Waals surface area contributed by atoms with Crippen molar-refractivity contribution in [2.75, 3.05) is 5.73 Å². The molecule has 1 aliphatic heterocycles. The molecule has 1 aliphatic rings. The van der Waals surface area contributed by atoms with Crippen LogP contribution in [-0.2, 0) is 4.74 Å². The molecule has 1 amide bonds. The van der Waals surface area contributed by atoms with Crippen LogP contribution in [-0.4, -0.2) is 16.1 Å². The number of hydrogen-bond acceptors (Lipinski definition) is 5. The van der Waals surface area contributed by atoms with Crippen LogP contribution < -0.4 is 11.1 Å². The van der Waals surface area contributed by atoms with Crippen molar-refractivity contribution in [1.82, 2.24) is 15.3 Å². The molecule has 3 aromatic rings. The lowest BCUT2D eigenvalue weighted by molar-refractivity contribution is 0.132. The number of aromatic nitrogens is 2. The fourth-order valence-corrected chi connectivity index (χ4v) is 3.02. The van der Waals surface area contributed by atoms with Crippen LogP contribution >= 0.6 is 0 Å². The first-order chi connectivity index (χ1) is 12.6. The number of amides is 1. The van der Waals surface area contributed by atoms with Crippen molar-refractivity contribution < 1.29 is 13.9 Å². The van der Waals surface area contributed by atoms with E-state index >= 15 is 0 Å². The molecule has 0 spiro atoms. The topological polar surface area (TPSA) is 90.1 Å². The van der Waals surface area contributed by atoms with Crippen LogP contribution in [0, 0.1) is 5.82 Å².